The molecule has 0 unspecified atom stereocenters. The van der Waals surface area contributed by atoms with E-state index in [-0.39, 0.29) is 11.6 Å². The molecule has 0 bridgehead atoms. The van der Waals surface area contributed by atoms with E-state index in [0.717, 1.165) is 0 Å². The second kappa shape index (κ2) is 6.39. The van der Waals surface area contributed by atoms with Crippen LogP contribution in [0.4, 0.5) is 5.69 Å². The summed E-state index contributed by atoms with van der Waals surface area (Å²) in [5.41, 5.74) is 1.00. The Kier molecular flexibility index (Phi) is 4.36. The van der Waals surface area contributed by atoms with Crippen LogP contribution in [0.15, 0.2) is 36.5 Å². The number of benzene rings is 1. The van der Waals surface area contributed by atoms with Crippen LogP contribution in [0.3, 0.4) is 0 Å². The van der Waals surface area contributed by atoms with Gasteiger partial charge in [-0.15, -0.1) is 0 Å². The van der Waals surface area contributed by atoms with Crippen LogP contribution in [0, 0.1) is 11.3 Å². The summed E-state index contributed by atoms with van der Waals surface area (Å²) in [5, 5.41) is 11.5. The van der Waals surface area contributed by atoms with Crippen LogP contribution in [-0.4, -0.2) is 25.1 Å². The zero-order valence-electron chi connectivity index (χ0n) is 11.6. The Morgan fingerprint density at radius 2 is 2.05 bits per heavy atom. The van der Waals surface area contributed by atoms with Gasteiger partial charge in [-0.05, 0) is 24.3 Å². The predicted octanol–water partition coefficient (Wildman–Crippen LogP) is 2.22. The van der Waals surface area contributed by atoms with Crippen molar-refractivity contribution in [2.75, 3.05) is 19.5 Å². The monoisotopic (exact) mass is 283 g/mol. The van der Waals surface area contributed by atoms with Crippen molar-refractivity contribution in [1.29, 1.82) is 5.26 Å². The molecule has 1 amide bonds. The zero-order valence-corrected chi connectivity index (χ0v) is 11.6. The van der Waals surface area contributed by atoms with Gasteiger partial charge in [0.25, 0.3) is 5.91 Å². The molecule has 0 saturated heterocycles. The highest BCUT2D eigenvalue weighted by molar-refractivity contribution is 6.05. The molecule has 2 rings (SSSR count). The Balaban J connectivity index is 2.28. The Morgan fingerprint density at radius 3 is 2.71 bits per heavy atom. The third-order valence-electron chi connectivity index (χ3n) is 2.79. The molecule has 0 aliphatic carbocycles. The average molecular weight is 283 g/mol. The average Bonchev–Trinajstić information content (AvgIpc) is 2.54. The van der Waals surface area contributed by atoms with E-state index < -0.39 is 0 Å². The zero-order chi connectivity index (χ0) is 15.2. The Bertz CT molecular complexity index is 708. The minimum absolute atomic E-state index is 0.181. The van der Waals surface area contributed by atoms with Crippen LogP contribution in [0.25, 0.3) is 0 Å². The maximum absolute atomic E-state index is 12.2. The van der Waals surface area contributed by atoms with Crippen LogP contribution in [0.1, 0.15) is 16.1 Å². The normalized spacial score (nSPS) is 9.57. The highest BCUT2D eigenvalue weighted by Gasteiger charge is 2.11. The number of nitrogens with zero attached hydrogens (tertiary/aromatic N) is 2. The number of rotatable bonds is 4. The lowest BCUT2D eigenvalue weighted by Gasteiger charge is -2.11. The molecule has 0 spiro atoms. The number of amides is 1. The first-order valence-electron chi connectivity index (χ1n) is 6.07. The lowest BCUT2D eigenvalue weighted by atomic mass is 10.2. The van der Waals surface area contributed by atoms with E-state index in [1.807, 2.05) is 6.07 Å². The number of carbonyl (C=O) groups excluding carboxylic acids is 1. The summed E-state index contributed by atoms with van der Waals surface area (Å²) in [7, 11) is 3.05. The van der Waals surface area contributed by atoms with Crippen LogP contribution in [-0.2, 0) is 0 Å². The molecule has 21 heavy (non-hydrogen) atoms. The van der Waals surface area contributed by atoms with Gasteiger partial charge in [0.1, 0.15) is 23.3 Å². The standard InChI is InChI=1S/C15H13N3O3/c1-20-12-3-4-14(21-2)13(8-12)18-15(19)10-5-6-17-11(7-10)9-16/h3-8H,1-2H3,(H,18,19). The number of nitriles is 1. The first-order valence-corrected chi connectivity index (χ1v) is 6.07. The maximum Gasteiger partial charge on any atom is 0.255 e. The summed E-state index contributed by atoms with van der Waals surface area (Å²) in [6.07, 6.45) is 1.41. The topological polar surface area (TPSA) is 84.2 Å². The molecule has 0 radical (unpaired) electrons. The number of methoxy groups -OCH3 is 2. The number of hydrogen-bond acceptors (Lipinski definition) is 5. The lowest BCUT2D eigenvalue weighted by molar-refractivity contribution is 0.102. The highest BCUT2D eigenvalue weighted by Crippen LogP contribution is 2.29. The molecule has 0 aliphatic rings. The quantitative estimate of drug-likeness (QED) is 0.930. The fourth-order valence-corrected chi connectivity index (χ4v) is 1.74. The van der Waals surface area contributed by atoms with E-state index in [1.165, 1.54) is 32.5 Å². The number of pyridine rings is 1. The van der Waals surface area contributed by atoms with E-state index in [9.17, 15) is 4.79 Å². The van der Waals surface area contributed by atoms with Crippen LogP contribution in [0.5, 0.6) is 11.5 Å². The molecule has 2 aromatic rings. The van der Waals surface area contributed by atoms with Crippen molar-refractivity contribution in [3.63, 3.8) is 0 Å². The van der Waals surface area contributed by atoms with E-state index in [2.05, 4.69) is 10.3 Å². The van der Waals surface area contributed by atoms with Crippen LogP contribution in [0.2, 0.25) is 0 Å². The minimum atomic E-state index is -0.361. The largest absolute Gasteiger partial charge is 0.497 e. The lowest BCUT2D eigenvalue weighted by Crippen LogP contribution is -2.13. The summed E-state index contributed by atoms with van der Waals surface area (Å²) >= 11 is 0. The number of carbonyl (C=O) groups is 1. The molecule has 1 N–H and O–H groups in total. The Morgan fingerprint density at radius 1 is 1.24 bits per heavy atom. The molecule has 0 saturated carbocycles. The number of ether oxygens (including phenoxy) is 2. The van der Waals surface area contributed by atoms with E-state index in [4.69, 9.17) is 14.7 Å². The summed E-state index contributed by atoms with van der Waals surface area (Å²) in [4.78, 5) is 16.0. The molecule has 0 atom stereocenters. The molecule has 0 aliphatic heterocycles. The van der Waals surface area contributed by atoms with Crippen LogP contribution >= 0.6 is 0 Å². The third-order valence-corrected chi connectivity index (χ3v) is 2.79. The maximum atomic E-state index is 12.2. The minimum Gasteiger partial charge on any atom is -0.497 e. The van der Waals surface area contributed by atoms with Gasteiger partial charge in [0, 0.05) is 17.8 Å². The van der Waals surface area contributed by atoms with Gasteiger partial charge in [-0.3, -0.25) is 4.79 Å². The molecule has 1 aromatic heterocycles. The second-order valence-corrected chi connectivity index (χ2v) is 4.06. The first kappa shape index (κ1) is 14.3. The van der Waals surface area contributed by atoms with Gasteiger partial charge in [-0.2, -0.15) is 5.26 Å². The summed E-state index contributed by atoms with van der Waals surface area (Å²) in [6, 6.07) is 9.92. The van der Waals surface area contributed by atoms with Gasteiger partial charge in [0.2, 0.25) is 0 Å². The van der Waals surface area contributed by atoms with Gasteiger partial charge in [-0.25, -0.2) is 4.98 Å². The van der Waals surface area contributed by atoms with Crippen molar-refractivity contribution >= 4 is 11.6 Å². The van der Waals surface area contributed by atoms with Crippen molar-refractivity contribution in [2.45, 2.75) is 0 Å². The van der Waals surface area contributed by atoms with E-state index in [0.29, 0.717) is 22.7 Å². The van der Waals surface area contributed by atoms with Crippen LogP contribution < -0.4 is 14.8 Å². The van der Waals surface area contributed by atoms with Crippen molar-refractivity contribution in [3.8, 4) is 17.6 Å². The molecule has 1 aromatic carbocycles. The molecule has 0 fully saturated rings. The number of anilines is 1. The van der Waals surface area contributed by atoms with E-state index in [1.54, 1.807) is 18.2 Å². The van der Waals surface area contributed by atoms with Crippen molar-refractivity contribution < 1.29 is 14.3 Å². The SMILES string of the molecule is COc1ccc(OC)c(NC(=O)c2ccnc(C#N)c2)c1. The molecule has 6 heteroatoms. The summed E-state index contributed by atoms with van der Waals surface area (Å²) in [5.74, 6) is 0.748. The predicted molar refractivity (Wildman–Crippen MR) is 76.5 cm³/mol. The summed E-state index contributed by atoms with van der Waals surface area (Å²) < 4.78 is 10.3. The molecular weight excluding hydrogens is 270 g/mol. The smallest absolute Gasteiger partial charge is 0.255 e. The molecule has 106 valence electrons. The van der Waals surface area contributed by atoms with Crippen molar-refractivity contribution in [3.05, 3.63) is 47.8 Å². The fraction of sp³-hybridized carbons (Fsp3) is 0.133. The van der Waals surface area contributed by atoms with Gasteiger partial charge in [0.15, 0.2) is 0 Å². The Hall–Kier alpha value is -3.07. The second-order valence-electron chi connectivity index (χ2n) is 4.06. The molecule has 6 nitrogen and oxygen atoms in total. The molecular formula is C15H13N3O3. The van der Waals surface area contributed by atoms with E-state index >= 15 is 0 Å². The van der Waals surface area contributed by atoms with Gasteiger partial charge < -0.3 is 14.8 Å². The Labute approximate surface area is 121 Å². The third kappa shape index (κ3) is 3.28. The van der Waals surface area contributed by atoms with Gasteiger partial charge in [-0.1, -0.05) is 0 Å². The fourth-order valence-electron chi connectivity index (χ4n) is 1.74. The van der Waals surface area contributed by atoms with Gasteiger partial charge >= 0.3 is 0 Å². The number of hydrogen-bond donors (Lipinski definition) is 1. The molecule has 1 heterocycles. The highest BCUT2D eigenvalue weighted by atomic mass is 16.5. The first-order chi connectivity index (χ1) is 10.2. The van der Waals surface area contributed by atoms with Gasteiger partial charge in [0.05, 0.1) is 19.9 Å². The summed E-state index contributed by atoms with van der Waals surface area (Å²) in [6.45, 7) is 0. The van der Waals surface area contributed by atoms with Crippen molar-refractivity contribution in [2.24, 2.45) is 0 Å². The number of aromatic nitrogens is 1. The number of nitrogens with one attached hydrogen (secondary N) is 1. The van der Waals surface area contributed by atoms with Crippen molar-refractivity contribution in [1.82, 2.24) is 4.98 Å².